The number of hydrogen-bond donors (Lipinski definition) is 5. The molecule has 0 aromatic rings. The molecule has 0 aromatic heterocycles. The van der Waals surface area contributed by atoms with Crippen molar-refractivity contribution >= 4 is 18.2 Å². The van der Waals surface area contributed by atoms with Crippen molar-refractivity contribution in [2.75, 3.05) is 39.4 Å². The Bertz CT molecular complexity index is 338. The number of aliphatic carboxylic acids is 1. The van der Waals surface area contributed by atoms with Gasteiger partial charge in [-0.2, -0.15) is 0 Å². The second-order valence-electron chi connectivity index (χ2n) is 4.33. The molecule has 1 atom stereocenters. The van der Waals surface area contributed by atoms with Crippen LogP contribution in [0.25, 0.3) is 0 Å². The van der Waals surface area contributed by atoms with E-state index in [2.05, 4.69) is 10.6 Å². The molecule has 122 valence electrons. The van der Waals surface area contributed by atoms with E-state index in [4.69, 9.17) is 14.9 Å². The minimum absolute atomic E-state index is 0.0234. The van der Waals surface area contributed by atoms with Crippen LogP contribution in [0.4, 0.5) is 0 Å². The number of aldehydes is 1. The Morgan fingerprint density at radius 3 is 2.29 bits per heavy atom. The molecule has 0 spiro atoms. The molecule has 0 aliphatic heterocycles. The SMILES string of the molecule is O=CCC(O)(CC(=O)OCCNCCNCCO)C(=O)O. The molecule has 1 unspecified atom stereocenters. The first-order chi connectivity index (χ1) is 9.96. The lowest BCUT2D eigenvalue weighted by Gasteiger charge is -2.19. The molecule has 21 heavy (non-hydrogen) atoms. The van der Waals surface area contributed by atoms with Gasteiger partial charge < -0.3 is 35.5 Å². The molecule has 0 aliphatic carbocycles. The number of carboxylic acid groups (broad SMARTS) is 1. The fraction of sp³-hybridized carbons (Fsp3) is 0.750. The largest absolute Gasteiger partial charge is 0.479 e. The number of aliphatic hydroxyl groups is 2. The van der Waals surface area contributed by atoms with Gasteiger partial charge in [-0.15, -0.1) is 0 Å². The van der Waals surface area contributed by atoms with Gasteiger partial charge in [-0.25, -0.2) is 4.79 Å². The Morgan fingerprint density at radius 2 is 1.76 bits per heavy atom. The lowest BCUT2D eigenvalue weighted by atomic mass is 9.97. The molecule has 0 rings (SSSR count). The predicted molar refractivity (Wildman–Crippen MR) is 71.7 cm³/mol. The first kappa shape index (κ1) is 19.4. The summed E-state index contributed by atoms with van der Waals surface area (Å²) in [7, 11) is 0. The number of ether oxygens (including phenoxy) is 1. The van der Waals surface area contributed by atoms with Gasteiger partial charge in [0.05, 0.1) is 13.0 Å². The van der Waals surface area contributed by atoms with Crippen LogP contribution >= 0.6 is 0 Å². The summed E-state index contributed by atoms with van der Waals surface area (Å²) in [5, 5.41) is 32.8. The maximum Gasteiger partial charge on any atom is 0.336 e. The van der Waals surface area contributed by atoms with E-state index in [9.17, 15) is 19.5 Å². The number of carbonyl (C=O) groups excluding carboxylic acids is 2. The summed E-state index contributed by atoms with van der Waals surface area (Å²) in [6.07, 6.45) is -1.21. The molecule has 0 saturated carbocycles. The van der Waals surface area contributed by atoms with Crippen LogP contribution in [0.1, 0.15) is 12.8 Å². The number of esters is 1. The second-order valence-corrected chi connectivity index (χ2v) is 4.33. The summed E-state index contributed by atoms with van der Waals surface area (Å²) in [5.41, 5.74) is -2.42. The quantitative estimate of drug-likeness (QED) is 0.141. The Balaban J connectivity index is 3.79. The molecule has 0 aliphatic rings. The summed E-state index contributed by atoms with van der Waals surface area (Å²) >= 11 is 0. The maximum absolute atomic E-state index is 11.4. The third kappa shape index (κ3) is 9.08. The van der Waals surface area contributed by atoms with E-state index in [1.165, 1.54) is 0 Å². The van der Waals surface area contributed by atoms with E-state index in [1.807, 2.05) is 0 Å². The van der Waals surface area contributed by atoms with E-state index < -0.39 is 30.4 Å². The van der Waals surface area contributed by atoms with Crippen molar-refractivity contribution in [3.05, 3.63) is 0 Å². The standard InChI is InChI=1S/C12H22N2O7/c15-6-1-12(20,11(18)19)9-10(17)21-8-5-14-3-2-13-4-7-16/h6,13-14,16,20H,1-5,7-9H2,(H,18,19). The minimum atomic E-state index is -2.42. The molecule has 9 heteroatoms. The highest BCUT2D eigenvalue weighted by atomic mass is 16.5. The third-order valence-corrected chi connectivity index (χ3v) is 2.56. The van der Waals surface area contributed by atoms with Crippen LogP contribution in [0.3, 0.4) is 0 Å². The van der Waals surface area contributed by atoms with Crippen molar-refractivity contribution in [2.45, 2.75) is 18.4 Å². The molecular formula is C12H22N2O7. The number of carboxylic acids is 1. The third-order valence-electron chi connectivity index (χ3n) is 2.56. The van der Waals surface area contributed by atoms with E-state index in [0.717, 1.165) is 0 Å². The number of carbonyl (C=O) groups is 3. The lowest BCUT2D eigenvalue weighted by molar-refractivity contribution is -0.168. The zero-order valence-corrected chi connectivity index (χ0v) is 11.7. The summed E-state index contributed by atoms with van der Waals surface area (Å²) in [6.45, 7) is 2.21. The molecule has 0 aromatic carbocycles. The number of rotatable bonds is 13. The highest BCUT2D eigenvalue weighted by Crippen LogP contribution is 2.15. The van der Waals surface area contributed by atoms with Gasteiger partial charge in [0.25, 0.3) is 0 Å². The van der Waals surface area contributed by atoms with Crippen molar-refractivity contribution < 1.29 is 34.4 Å². The maximum atomic E-state index is 11.4. The first-order valence-corrected chi connectivity index (χ1v) is 6.53. The molecule has 0 amide bonds. The van der Waals surface area contributed by atoms with Gasteiger partial charge >= 0.3 is 11.9 Å². The Hall–Kier alpha value is -1.55. The van der Waals surface area contributed by atoms with E-state index in [-0.39, 0.29) is 19.5 Å². The first-order valence-electron chi connectivity index (χ1n) is 6.53. The average molecular weight is 306 g/mol. The monoisotopic (exact) mass is 306 g/mol. The molecule has 0 radical (unpaired) electrons. The van der Waals surface area contributed by atoms with Crippen LogP contribution in [0.15, 0.2) is 0 Å². The van der Waals surface area contributed by atoms with Gasteiger partial charge in [-0.05, 0) is 0 Å². The molecule has 9 nitrogen and oxygen atoms in total. The van der Waals surface area contributed by atoms with E-state index in [0.29, 0.717) is 26.2 Å². The lowest BCUT2D eigenvalue weighted by Crippen LogP contribution is -2.41. The minimum Gasteiger partial charge on any atom is -0.479 e. The van der Waals surface area contributed by atoms with Crippen LogP contribution < -0.4 is 10.6 Å². The molecule has 0 heterocycles. The summed E-state index contributed by atoms with van der Waals surface area (Å²) in [4.78, 5) is 32.5. The Morgan fingerprint density at radius 1 is 1.14 bits per heavy atom. The van der Waals surface area contributed by atoms with Crippen molar-refractivity contribution in [1.29, 1.82) is 0 Å². The summed E-state index contributed by atoms with van der Waals surface area (Å²) in [6, 6.07) is 0. The van der Waals surface area contributed by atoms with Crippen molar-refractivity contribution in [2.24, 2.45) is 0 Å². The van der Waals surface area contributed by atoms with Crippen LogP contribution in [-0.2, 0) is 19.1 Å². The van der Waals surface area contributed by atoms with Crippen LogP contribution in [0.2, 0.25) is 0 Å². The van der Waals surface area contributed by atoms with Gasteiger partial charge in [-0.1, -0.05) is 0 Å². The highest BCUT2D eigenvalue weighted by molar-refractivity contribution is 5.86. The Labute approximate surface area is 122 Å². The number of nitrogens with one attached hydrogen (secondary N) is 2. The predicted octanol–water partition coefficient (Wildman–Crippen LogP) is -2.50. The molecule has 5 N–H and O–H groups in total. The molecule has 0 bridgehead atoms. The number of hydrogen-bond acceptors (Lipinski definition) is 8. The van der Waals surface area contributed by atoms with Gasteiger partial charge in [0.1, 0.15) is 12.9 Å². The summed E-state index contributed by atoms with van der Waals surface area (Å²) in [5.74, 6) is -2.53. The van der Waals surface area contributed by atoms with Gasteiger partial charge in [0.2, 0.25) is 0 Å². The molecule has 0 saturated heterocycles. The van der Waals surface area contributed by atoms with Crippen molar-refractivity contribution in [3.63, 3.8) is 0 Å². The zero-order valence-electron chi connectivity index (χ0n) is 11.7. The average Bonchev–Trinajstić information content (AvgIpc) is 2.41. The Kier molecular flexibility index (Phi) is 10.3. The smallest absolute Gasteiger partial charge is 0.336 e. The van der Waals surface area contributed by atoms with Crippen molar-refractivity contribution in [3.8, 4) is 0 Å². The van der Waals surface area contributed by atoms with E-state index in [1.54, 1.807) is 0 Å². The molecule has 0 fully saturated rings. The van der Waals surface area contributed by atoms with Crippen molar-refractivity contribution in [1.82, 2.24) is 10.6 Å². The van der Waals surface area contributed by atoms with Gasteiger partial charge in [0, 0.05) is 32.6 Å². The van der Waals surface area contributed by atoms with Gasteiger partial charge in [0.15, 0.2) is 5.60 Å². The highest BCUT2D eigenvalue weighted by Gasteiger charge is 2.38. The fourth-order valence-electron chi connectivity index (χ4n) is 1.41. The fourth-order valence-corrected chi connectivity index (χ4v) is 1.41. The van der Waals surface area contributed by atoms with Crippen LogP contribution in [0, 0.1) is 0 Å². The second kappa shape index (κ2) is 11.1. The van der Waals surface area contributed by atoms with Gasteiger partial charge in [-0.3, -0.25) is 4.79 Å². The van der Waals surface area contributed by atoms with Crippen LogP contribution in [0.5, 0.6) is 0 Å². The zero-order chi connectivity index (χ0) is 16.1. The molecular weight excluding hydrogens is 284 g/mol. The normalized spacial score (nSPS) is 13.4. The summed E-state index contributed by atoms with van der Waals surface area (Å²) < 4.78 is 4.76. The van der Waals surface area contributed by atoms with E-state index >= 15 is 0 Å². The topological polar surface area (TPSA) is 145 Å². The number of aliphatic hydroxyl groups excluding tert-OH is 1. The van der Waals surface area contributed by atoms with Crippen LogP contribution in [-0.4, -0.2) is 78.5 Å².